The normalized spacial score (nSPS) is 36.5. The number of amides is 1. The first kappa shape index (κ1) is 44.9. The van der Waals surface area contributed by atoms with E-state index in [9.17, 15) is 19.5 Å². The molecule has 3 aliphatic rings. The molecule has 0 aliphatic carbocycles. The third-order valence-electron chi connectivity index (χ3n) is 12.2. The number of aliphatic hydroxyl groups is 1. The Morgan fingerprint density at radius 1 is 1.12 bits per heavy atom. The second-order valence-corrected chi connectivity index (χ2v) is 18.1. The van der Waals surface area contributed by atoms with Gasteiger partial charge in [0, 0.05) is 38.7 Å². The zero-order chi connectivity index (χ0) is 42.9. The van der Waals surface area contributed by atoms with E-state index in [-0.39, 0.29) is 18.4 Å². The second kappa shape index (κ2) is 18.1. The number of hydrogen-bond acceptors (Lipinski definition) is 15. The van der Waals surface area contributed by atoms with Gasteiger partial charge in [-0.1, -0.05) is 31.2 Å². The number of nitrogens with zero attached hydrogens (tertiary/aromatic N) is 5. The molecule has 18 heteroatoms. The summed E-state index contributed by atoms with van der Waals surface area (Å²) in [7, 11) is 1.47. The molecular weight excluding hydrogens is 786 g/mol. The number of cyclic esters (lactones) is 1. The van der Waals surface area contributed by atoms with Crippen LogP contribution in [0.4, 0.5) is 9.18 Å². The number of aromatic nitrogens is 4. The number of nitrogens with two attached hydrogens (primary N) is 1. The third-order valence-corrected chi connectivity index (χ3v) is 13.3. The molecule has 59 heavy (non-hydrogen) atoms. The van der Waals surface area contributed by atoms with Crippen molar-refractivity contribution < 1.29 is 47.6 Å². The molecule has 3 aliphatic heterocycles. The monoisotopic (exact) mass is 845 g/mol. The molecule has 3 aromatic rings. The van der Waals surface area contributed by atoms with Crippen LogP contribution in [-0.4, -0.2) is 134 Å². The van der Waals surface area contributed by atoms with E-state index in [1.165, 1.54) is 7.11 Å². The SMILES string of the molecule is CC[C@H]1OC(=O)C(C)(F)C(=O)C[C@@H](O[C@@H]2O[C@H](C)CC(N)C2O)[C@](C)(OC)C[C@@H](C)CN[C@H](C)[C@H]2N(CCCCn3cc(-c4nc5ccccc5s4)nn3)C(=O)O[C@]12C. The molecule has 6 rings (SSSR count). The lowest BCUT2D eigenvalue weighted by molar-refractivity contribution is -0.282. The number of alkyl halides is 1. The highest BCUT2D eigenvalue weighted by Crippen LogP contribution is 2.40. The van der Waals surface area contributed by atoms with E-state index in [1.807, 2.05) is 44.3 Å². The second-order valence-electron chi connectivity index (χ2n) is 17.0. The smallest absolute Gasteiger partial charge is 0.410 e. The Labute approximate surface area is 348 Å². The van der Waals surface area contributed by atoms with Crippen molar-refractivity contribution in [3.05, 3.63) is 30.5 Å². The number of unbranched alkanes of at least 4 members (excludes halogenated alkanes) is 1. The number of benzene rings is 1. The Hall–Kier alpha value is -3.65. The fourth-order valence-corrected chi connectivity index (χ4v) is 9.64. The zero-order valence-electron chi connectivity index (χ0n) is 35.3. The summed E-state index contributed by atoms with van der Waals surface area (Å²) in [6.45, 7) is 13.1. The van der Waals surface area contributed by atoms with Crippen LogP contribution in [0.2, 0.25) is 0 Å². The van der Waals surface area contributed by atoms with Gasteiger partial charge in [0.2, 0.25) is 0 Å². The quantitative estimate of drug-likeness (QED) is 0.146. The number of aryl methyl sites for hydroxylation is 1. The number of carbonyl (C=O) groups excluding carboxylic acids is 3. The number of aliphatic hydroxyl groups excluding tert-OH is 1. The first-order chi connectivity index (χ1) is 27.9. The standard InChI is InChI=1S/C41H60FN7O9S/c1-9-31-41(7)34(49(38(53)58-41)17-13-12-16-48-22-28(46-47-48)35-45-27-14-10-11-15-29(27)59-35)25(4)44-21-23(2)20-39(5,54-8)32(19-30(50)40(6,42)37(52)57-31)56-36-33(51)26(43)18-24(3)55-36/h10-11,14-15,22-26,31-34,36,44,51H,9,12-13,16-21,43H2,1-8H3/t23-,24-,25-,26?,31-,32-,33?,34-,36+,39-,40?,41-/m1/s1. The summed E-state index contributed by atoms with van der Waals surface area (Å²) >= 11 is 1.55. The molecule has 3 saturated heterocycles. The lowest BCUT2D eigenvalue weighted by atomic mass is 9.83. The molecule has 3 fully saturated rings. The Bertz CT molecular complexity index is 1920. The molecular formula is C41H60FN7O9S. The number of nitrogens with one attached hydrogen (secondary N) is 1. The van der Waals surface area contributed by atoms with Crippen molar-refractivity contribution in [2.24, 2.45) is 11.7 Å². The molecule has 5 heterocycles. The van der Waals surface area contributed by atoms with Crippen LogP contribution in [0.5, 0.6) is 0 Å². The summed E-state index contributed by atoms with van der Waals surface area (Å²) in [6, 6.07) is 6.20. The largest absolute Gasteiger partial charge is 0.455 e. The van der Waals surface area contributed by atoms with Crippen molar-refractivity contribution >= 4 is 39.4 Å². The van der Waals surface area contributed by atoms with Crippen molar-refractivity contribution in [3.8, 4) is 10.7 Å². The predicted octanol–water partition coefficient (Wildman–Crippen LogP) is 4.56. The van der Waals surface area contributed by atoms with E-state index < -0.39 is 83.9 Å². The molecule has 326 valence electrons. The summed E-state index contributed by atoms with van der Waals surface area (Å²) in [6.07, 6.45) is -2.25. The highest BCUT2D eigenvalue weighted by atomic mass is 32.1. The molecule has 3 unspecified atom stereocenters. The average molecular weight is 846 g/mol. The van der Waals surface area contributed by atoms with Gasteiger partial charge >= 0.3 is 12.1 Å². The Kier molecular flexibility index (Phi) is 13.8. The first-order valence-corrected chi connectivity index (χ1v) is 21.4. The predicted molar refractivity (Wildman–Crippen MR) is 217 cm³/mol. The number of hydrogen-bond donors (Lipinski definition) is 3. The molecule has 0 bridgehead atoms. The number of ketones is 1. The zero-order valence-corrected chi connectivity index (χ0v) is 36.1. The third kappa shape index (κ3) is 9.48. The van der Waals surface area contributed by atoms with E-state index in [0.717, 1.165) is 22.1 Å². The number of esters is 1. The number of methoxy groups -OCH3 is 1. The number of carbonyl (C=O) groups is 3. The van der Waals surface area contributed by atoms with Crippen LogP contribution < -0.4 is 11.1 Å². The number of halogens is 1. The maximum atomic E-state index is 16.6. The Balaban J connectivity index is 1.20. The molecule has 12 atom stereocenters. The van der Waals surface area contributed by atoms with E-state index in [0.29, 0.717) is 51.0 Å². The van der Waals surface area contributed by atoms with Gasteiger partial charge in [0.05, 0.1) is 40.3 Å². The summed E-state index contributed by atoms with van der Waals surface area (Å²) in [5.74, 6) is -2.63. The number of fused-ring (bicyclic) bond motifs is 2. The van der Waals surface area contributed by atoms with Gasteiger partial charge in [0.1, 0.15) is 22.9 Å². The van der Waals surface area contributed by atoms with Crippen LogP contribution in [0.1, 0.15) is 87.0 Å². The van der Waals surface area contributed by atoms with Gasteiger partial charge in [-0.2, -0.15) is 0 Å². The van der Waals surface area contributed by atoms with Gasteiger partial charge in [-0.05, 0) is 91.3 Å². The number of para-hydroxylation sites is 1. The van der Waals surface area contributed by atoms with Crippen LogP contribution in [0.3, 0.4) is 0 Å². The van der Waals surface area contributed by atoms with Gasteiger partial charge in [-0.25, -0.2) is 19.0 Å². The minimum absolute atomic E-state index is 0.114. The molecule has 0 radical (unpaired) electrons. The van der Waals surface area contributed by atoms with Crippen molar-refractivity contribution in [3.63, 3.8) is 0 Å². The maximum absolute atomic E-state index is 16.6. The molecule has 1 aromatic carbocycles. The minimum Gasteiger partial charge on any atom is -0.455 e. The molecule has 4 N–H and O–H groups in total. The lowest BCUT2D eigenvalue weighted by Crippen LogP contribution is -2.61. The Morgan fingerprint density at radius 3 is 2.56 bits per heavy atom. The summed E-state index contributed by atoms with van der Waals surface area (Å²) in [5.41, 5.74) is 2.03. The van der Waals surface area contributed by atoms with Crippen molar-refractivity contribution in [1.29, 1.82) is 0 Å². The van der Waals surface area contributed by atoms with E-state index in [1.54, 1.807) is 48.6 Å². The average Bonchev–Trinajstić information content (AvgIpc) is 3.91. The number of Topliss-reactive ketones (excluding diaryl/α,β-unsaturated/α-hetero) is 1. The molecule has 1 amide bonds. The molecule has 2 aromatic heterocycles. The van der Waals surface area contributed by atoms with Crippen molar-refractivity contribution in [1.82, 2.24) is 30.2 Å². The minimum atomic E-state index is -3.11. The number of ether oxygens (including phenoxy) is 5. The van der Waals surface area contributed by atoms with Crippen LogP contribution in [0, 0.1) is 5.92 Å². The maximum Gasteiger partial charge on any atom is 0.410 e. The van der Waals surface area contributed by atoms with E-state index >= 15 is 4.39 Å². The van der Waals surface area contributed by atoms with Crippen molar-refractivity contribution in [2.45, 2.75) is 159 Å². The molecule has 0 spiro atoms. The topological polar surface area (TPSA) is 202 Å². The van der Waals surface area contributed by atoms with Crippen LogP contribution >= 0.6 is 11.3 Å². The van der Waals surface area contributed by atoms with Crippen LogP contribution in [0.15, 0.2) is 30.5 Å². The number of thiazole rings is 1. The van der Waals surface area contributed by atoms with Gasteiger partial charge in [-0.15, -0.1) is 16.4 Å². The Morgan fingerprint density at radius 2 is 1.85 bits per heavy atom. The van der Waals surface area contributed by atoms with E-state index in [2.05, 4.69) is 20.6 Å². The van der Waals surface area contributed by atoms with Gasteiger partial charge < -0.3 is 39.8 Å². The summed E-state index contributed by atoms with van der Waals surface area (Å²) < 4.78 is 49.6. The molecule has 16 nitrogen and oxygen atoms in total. The van der Waals surface area contributed by atoms with Gasteiger partial charge in [0.15, 0.2) is 17.7 Å². The summed E-state index contributed by atoms with van der Waals surface area (Å²) in [5, 5.41) is 23.9. The highest BCUT2D eigenvalue weighted by Gasteiger charge is 2.59. The van der Waals surface area contributed by atoms with E-state index in [4.69, 9.17) is 29.4 Å². The van der Waals surface area contributed by atoms with Gasteiger partial charge in [0.25, 0.3) is 5.67 Å². The lowest BCUT2D eigenvalue weighted by Gasteiger charge is -2.43. The van der Waals surface area contributed by atoms with Crippen LogP contribution in [-0.2, 0) is 39.8 Å². The summed E-state index contributed by atoms with van der Waals surface area (Å²) in [4.78, 5) is 47.7. The van der Waals surface area contributed by atoms with Gasteiger partial charge in [-0.3, -0.25) is 14.4 Å². The fraction of sp³-hybridized carbons (Fsp3) is 0.707. The highest BCUT2D eigenvalue weighted by molar-refractivity contribution is 7.21. The first-order valence-electron chi connectivity index (χ1n) is 20.6. The molecule has 0 saturated carbocycles. The number of rotatable bonds is 10. The van der Waals surface area contributed by atoms with Crippen LogP contribution in [0.25, 0.3) is 20.9 Å². The fourth-order valence-electron chi connectivity index (χ4n) is 8.73. The van der Waals surface area contributed by atoms with Crippen molar-refractivity contribution in [2.75, 3.05) is 20.2 Å².